The standard InChI is InChI=1S/C20H28N2O5/c1-20(2,3)27-19(24)22-9-5-6-15(22)13-21(4)18(23)14-7-8-16-17(12-14)26-11-10-25-16/h7-8,12,15H,5-6,9-11,13H2,1-4H3/t15-/m1/s1. The first-order chi connectivity index (χ1) is 12.7. The summed E-state index contributed by atoms with van der Waals surface area (Å²) in [5.41, 5.74) is 0.0144. The molecule has 3 rings (SSSR count). The summed E-state index contributed by atoms with van der Waals surface area (Å²) in [5, 5.41) is 0. The molecule has 0 bridgehead atoms. The summed E-state index contributed by atoms with van der Waals surface area (Å²) < 4.78 is 16.5. The van der Waals surface area contributed by atoms with E-state index in [1.54, 1.807) is 35.0 Å². The minimum Gasteiger partial charge on any atom is -0.486 e. The maximum Gasteiger partial charge on any atom is 0.410 e. The third kappa shape index (κ3) is 4.64. The van der Waals surface area contributed by atoms with Crippen LogP contribution in [0.5, 0.6) is 11.5 Å². The lowest BCUT2D eigenvalue weighted by molar-refractivity contribution is 0.0199. The van der Waals surface area contributed by atoms with E-state index >= 15 is 0 Å². The number of amides is 2. The molecule has 0 unspecified atom stereocenters. The average Bonchev–Trinajstić information content (AvgIpc) is 3.07. The van der Waals surface area contributed by atoms with E-state index in [2.05, 4.69) is 0 Å². The quantitative estimate of drug-likeness (QED) is 0.811. The highest BCUT2D eigenvalue weighted by Gasteiger charge is 2.33. The lowest BCUT2D eigenvalue weighted by Gasteiger charge is -2.31. The molecular formula is C20H28N2O5. The number of fused-ring (bicyclic) bond motifs is 1. The molecule has 0 spiro atoms. The van der Waals surface area contributed by atoms with Gasteiger partial charge in [-0.05, 0) is 51.8 Å². The van der Waals surface area contributed by atoms with Gasteiger partial charge in [-0.1, -0.05) is 0 Å². The zero-order chi connectivity index (χ0) is 19.6. The summed E-state index contributed by atoms with van der Waals surface area (Å²) in [6, 6.07) is 5.18. The Morgan fingerprint density at radius 3 is 2.63 bits per heavy atom. The van der Waals surface area contributed by atoms with Crippen LogP contribution in [0.3, 0.4) is 0 Å². The first-order valence-corrected chi connectivity index (χ1v) is 9.39. The number of likely N-dealkylation sites (tertiary alicyclic amines) is 1. The predicted octanol–water partition coefficient (Wildman–Crippen LogP) is 2.93. The smallest absolute Gasteiger partial charge is 0.410 e. The Bertz CT molecular complexity index is 713. The zero-order valence-electron chi connectivity index (χ0n) is 16.5. The van der Waals surface area contributed by atoms with E-state index in [4.69, 9.17) is 14.2 Å². The van der Waals surface area contributed by atoms with Crippen LogP contribution in [-0.4, -0.2) is 66.8 Å². The van der Waals surface area contributed by atoms with Gasteiger partial charge in [-0.15, -0.1) is 0 Å². The van der Waals surface area contributed by atoms with E-state index in [-0.39, 0.29) is 18.0 Å². The van der Waals surface area contributed by atoms with Crippen LogP contribution in [0.2, 0.25) is 0 Å². The highest BCUT2D eigenvalue weighted by atomic mass is 16.6. The van der Waals surface area contributed by atoms with E-state index in [9.17, 15) is 9.59 Å². The number of nitrogens with zero attached hydrogens (tertiary/aromatic N) is 2. The summed E-state index contributed by atoms with van der Waals surface area (Å²) in [5.74, 6) is 1.15. The fraction of sp³-hybridized carbons (Fsp3) is 0.600. The number of hydrogen-bond donors (Lipinski definition) is 0. The number of rotatable bonds is 3. The van der Waals surface area contributed by atoms with Gasteiger partial charge < -0.3 is 24.0 Å². The van der Waals surface area contributed by atoms with Gasteiger partial charge in [-0.2, -0.15) is 0 Å². The van der Waals surface area contributed by atoms with Crippen molar-refractivity contribution in [1.82, 2.24) is 9.80 Å². The van der Waals surface area contributed by atoms with Gasteiger partial charge in [-0.3, -0.25) is 4.79 Å². The van der Waals surface area contributed by atoms with Crippen molar-refractivity contribution in [2.75, 3.05) is 33.4 Å². The highest BCUT2D eigenvalue weighted by molar-refractivity contribution is 5.94. The summed E-state index contributed by atoms with van der Waals surface area (Å²) in [4.78, 5) is 28.6. The van der Waals surface area contributed by atoms with Crippen LogP contribution < -0.4 is 9.47 Å². The van der Waals surface area contributed by atoms with Gasteiger partial charge in [0.15, 0.2) is 11.5 Å². The molecule has 2 amide bonds. The molecule has 0 aromatic heterocycles. The molecule has 7 heteroatoms. The van der Waals surface area contributed by atoms with E-state index in [1.165, 1.54) is 0 Å². The molecule has 1 fully saturated rings. The fourth-order valence-electron chi connectivity index (χ4n) is 3.38. The van der Waals surface area contributed by atoms with E-state index in [0.717, 1.165) is 12.8 Å². The van der Waals surface area contributed by atoms with E-state index in [0.29, 0.717) is 43.4 Å². The number of likely N-dealkylation sites (N-methyl/N-ethyl adjacent to an activating group) is 1. The Morgan fingerprint density at radius 2 is 1.93 bits per heavy atom. The molecule has 0 radical (unpaired) electrons. The molecular weight excluding hydrogens is 348 g/mol. The normalized spacial score (nSPS) is 19.0. The first kappa shape index (κ1) is 19.3. The average molecular weight is 376 g/mol. The minimum atomic E-state index is -0.531. The second-order valence-electron chi connectivity index (χ2n) is 8.01. The van der Waals surface area contributed by atoms with Crippen LogP contribution >= 0.6 is 0 Å². The summed E-state index contributed by atoms with van der Waals surface area (Å²) in [7, 11) is 1.75. The summed E-state index contributed by atoms with van der Waals surface area (Å²) in [6.07, 6.45) is 1.46. The molecule has 148 valence electrons. The molecule has 1 atom stereocenters. The highest BCUT2D eigenvalue weighted by Crippen LogP contribution is 2.31. The Morgan fingerprint density at radius 1 is 1.22 bits per heavy atom. The van der Waals surface area contributed by atoms with Crippen LogP contribution in [0.25, 0.3) is 0 Å². The molecule has 7 nitrogen and oxygen atoms in total. The van der Waals surface area contributed by atoms with Crippen molar-refractivity contribution in [2.24, 2.45) is 0 Å². The lowest BCUT2D eigenvalue weighted by atomic mass is 10.1. The van der Waals surface area contributed by atoms with Crippen molar-refractivity contribution in [2.45, 2.75) is 45.3 Å². The van der Waals surface area contributed by atoms with Gasteiger partial charge in [-0.25, -0.2) is 4.79 Å². The molecule has 27 heavy (non-hydrogen) atoms. The van der Waals surface area contributed by atoms with E-state index < -0.39 is 5.60 Å². The molecule has 0 N–H and O–H groups in total. The third-order valence-corrected chi connectivity index (χ3v) is 4.63. The lowest BCUT2D eigenvalue weighted by Crippen LogP contribution is -2.45. The number of carbonyl (C=O) groups excluding carboxylic acids is 2. The molecule has 2 aliphatic rings. The monoisotopic (exact) mass is 376 g/mol. The predicted molar refractivity (Wildman–Crippen MR) is 100 cm³/mol. The maximum atomic E-state index is 12.8. The Kier molecular flexibility index (Phi) is 5.48. The topological polar surface area (TPSA) is 68.3 Å². The van der Waals surface area contributed by atoms with Gasteiger partial charge in [0.25, 0.3) is 5.91 Å². The first-order valence-electron chi connectivity index (χ1n) is 9.39. The van der Waals surface area contributed by atoms with Crippen LogP contribution in [0.15, 0.2) is 18.2 Å². The van der Waals surface area contributed by atoms with Gasteiger partial charge in [0.2, 0.25) is 0 Å². The van der Waals surface area contributed by atoms with Crippen molar-refractivity contribution >= 4 is 12.0 Å². The molecule has 1 aromatic carbocycles. The fourth-order valence-corrected chi connectivity index (χ4v) is 3.38. The summed E-state index contributed by atoms with van der Waals surface area (Å²) in [6.45, 7) is 7.68. The molecule has 0 aliphatic carbocycles. The van der Waals surface area contributed by atoms with Crippen LogP contribution in [0.4, 0.5) is 4.79 Å². The largest absolute Gasteiger partial charge is 0.486 e. The van der Waals surface area contributed by atoms with Crippen LogP contribution in [0, 0.1) is 0 Å². The van der Waals surface area contributed by atoms with Crippen LogP contribution in [0.1, 0.15) is 44.0 Å². The molecule has 1 saturated heterocycles. The summed E-state index contributed by atoms with van der Waals surface area (Å²) >= 11 is 0. The number of ether oxygens (including phenoxy) is 3. The van der Waals surface area contributed by atoms with Crippen molar-refractivity contribution in [3.8, 4) is 11.5 Å². The van der Waals surface area contributed by atoms with E-state index in [1.807, 2.05) is 20.8 Å². The van der Waals surface area contributed by atoms with Gasteiger partial charge >= 0.3 is 6.09 Å². The second kappa shape index (κ2) is 7.66. The Labute approximate surface area is 160 Å². The number of benzene rings is 1. The van der Waals surface area contributed by atoms with Gasteiger partial charge in [0.1, 0.15) is 18.8 Å². The van der Waals surface area contributed by atoms with Crippen molar-refractivity contribution in [3.05, 3.63) is 23.8 Å². The number of carbonyl (C=O) groups is 2. The minimum absolute atomic E-state index is 0.0361. The SMILES string of the molecule is CN(C[C@H]1CCCN1C(=O)OC(C)(C)C)C(=O)c1ccc2c(c1)OCCO2. The molecule has 0 saturated carbocycles. The van der Waals surface area contributed by atoms with Crippen molar-refractivity contribution < 1.29 is 23.8 Å². The maximum absolute atomic E-state index is 12.8. The molecule has 2 aliphatic heterocycles. The van der Waals surface area contributed by atoms with Gasteiger partial charge in [0.05, 0.1) is 6.04 Å². The third-order valence-electron chi connectivity index (χ3n) is 4.63. The molecule has 2 heterocycles. The Hall–Kier alpha value is -2.44. The zero-order valence-corrected chi connectivity index (χ0v) is 16.5. The molecule has 1 aromatic rings. The van der Waals surface area contributed by atoms with Crippen molar-refractivity contribution in [1.29, 1.82) is 0 Å². The van der Waals surface area contributed by atoms with Crippen molar-refractivity contribution in [3.63, 3.8) is 0 Å². The van der Waals surface area contributed by atoms with Crippen LogP contribution in [-0.2, 0) is 4.74 Å². The second-order valence-corrected chi connectivity index (χ2v) is 8.01. The number of hydrogen-bond acceptors (Lipinski definition) is 5. The van der Waals surface area contributed by atoms with Gasteiger partial charge in [0, 0.05) is 25.7 Å². The Balaban J connectivity index is 1.64.